The summed E-state index contributed by atoms with van der Waals surface area (Å²) >= 11 is 6.06. The first-order valence-electron chi connectivity index (χ1n) is 7.87. The van der Waals surface area contributed by atoms with Crippen LogP contribution in [0.15, 0.2) is 36.5 Å². The van der Waals surface area contributed by atoms with Gasteiger partial charge in [-0.3, -0.25) is 4.79 Å². The van der Waals surface area contributed by atoms with Crippen molar-refractivity contribution in [1.29, 1.82) is 0 Å². The van der Waals surface area contributed by atoms with Crippen molar-refractivity contribution in [1.82, 2.24) is 4.98 Å². The minimum Gasteiger partial charge on any atom is -0.384 e. The average molecular weight is 332 g/mol. The summed E-state index contributed by atoms with van der Waals surface area (Å²) in [6.45, 7) is 5.01. The van der Waals surface area contributed by atoms with Gasteiger partial charge in [-0.25, -0.2) is 4.98 Å². The molecule has 122 valence electrons. The zero-order valence-electron chi connectivity index (χ0n) is 13.5. The molecular formula is C18H22ClN3O. The second-order valence-electron chi connectivity index (χ2n) is 5.48. The first-order valence-corrected chi connectivity index (χ1v) is 8.25. The van der Waals surface area contributed by atoms with Crippen LogP contribution in [0.1, 0.15) is 42.2 Å². The number of anilines is 2. The Hall–Kier alpha value is -2.07. The topological polar surface area (TPSA) is 54.0 Å². The number of nitrogens with zero attached hydrogens (tertiary/aromatic N) is 1. The maximum atomic E-state index is 12.2. The molecule has 2 aromatic rings. The van der Waals surface area contributed by atoms with E-state index in [1.165, 1.54) is 12.8 Å². The SMILES string of the molecule is CCCCCNc1ccc(C(=O)Nc2ccc(C)c(Cl)c2)nc1. The minimum absolute atomic E-state index is 0.248. The van der Waals surface area contributed by atoms with Crippen LogP contribution >= 0.6 is 11.6 Å². The van der Waals surface area contributed by atoms with Crippen LogP contribution in [0.4, 0.5) is 11.4 Å². The number of nitrogens with one attached hydrogen (secondary N) is 2. The third kappa shape index (κ3) is 5.25. The summed E-state index contributed by atoms with van der Waals surface area (Å²) < 4.78 is 0. The van der Waals surface area contributed by atoms with Gasteiger partial charge in [0.05, 0.1) is 11.9 Å². The zero-order valence-corrected chi connectivity index (χ0v) is 14.3. The molecule has 0 unspecified atom stereocenters. The number of pyridine rings is 1. The average Bonchev–Trinajstić information content (AvgIpc) is 2.55. The number of unbranched alkanes of at least 4 members (excludes halogenated alkanes) is 2. The van der Waals surface area contributed by atoms with Crippen molar-refractivity contribution in [3.05, 3.63) is 52.8 Å². The first-order chi connectivity index (χ1) is 11.1. The number of carbonyl (C=O) groups excluding carboxylic acids is 1. The van der Waals surface area contributed by atoms with Crippen molar-refractivity contribution in [2.75, 3.05) is 17.2 Å². The maximum absolute atomic E-state index is 12.2. The number of aryl methyl sites for hydroxylation is 1. The molecule has 0 saturated heterocycles. The van der Waals surface area contributed by atoms with Crippen LogP contribution in [-0.2, 0) is 0 Å². The molecule has 0 aliphatic heterocycles. The van der Waals surface area contributed by atoms with Crippen molar-refractivity contribution in [3.8, 4) is 0 Å². The molecule has 1 heterocycles. The van der Waals surface area contributed by atoms with Crippen molar-refractivity contribution < 1.29 is 4.79 Å². The highest BCUT2D eigenvalue weighted by molar-refractivity contribution is 6.31. The number of benzene rings is 1. The zero-order chi connectivity index (χ0) is 16.7. The lowest BCUT2D eigenvalue weighted by Crippen LogP contribution is -2.14. The summed E-state index contributed by atoms with van der Waals surface area (Å²) in [6, 6.07) is 9.01. The summed E-state index contributed by atoms with van der Waals surface area (Å²) in [4.78, 5) is 16.4. The number of carbonyl (C=O) groups is 1. The van der Waals surface area contributed by atoms with E-state index in [-0.39, 0.29) is 5.91 Å². The number of aromatic nitrogens is 1. The van der Waals surface area contributed by atoms with E-state index >= 15 is 0 Å². The van der Waals surface area contributed by atoms with Crippen molar-refractivity contribution in [3.63, 3.8) is 0 Å². The summed E-state index contributed by atoms with van der Waals surface area (Å²) in [7, 11) is 0. The highest BCUT2D eigenvalue weighted by Crippen LogP contribution is 2.20. The van der Waals surface area contributed by atoms with E-state index in [9.17, 15) is 4.79 Å². The largest absolute Gasteiger partial charge is 0.384 e. The number of halogens is 1. The quantitative estimate of drug-likeness (QED) is 0.710. The molecule has 4 nitrogen and oxygen atoms in total. The summed E-state index contributed by atoms with van der Waals surface area (Å²) in [5.74, 6) is -0.248. The molecule has 5 heteroatoms. The van der Waals surface area contributed by atoms with Crippen LogP contribution < -0.4 is 10.6 Å². The summed E-state index contributed by atoms with van der Waals surface area (Å²) in [6.07, 6.45) is 5.22. The van der Waals surface area contributed by atoms with Gasteiger partial charge in [0.15, 0.2) is 0 Å². The Labute approximate surface area is 142 Å². The molecule has 0 atom stereocenters. The molecule has 1 aromatic heterocycles. The Morgan fingerprint density at radius 3 is 2.61 bits per heavy atom. The van der Waals surface area contributed by atoms with E-state index in [4.69, 9.17) is 11.6 Å². The maximum Gasteiger partial charge on any atom is 0.274 e. The Bertz CT molecular complexity index is 656. The van der Waals surface area contributed by atoms with Crippen molar-refractivity contribution >= 4 is 28.9 Å². The van der Waals surface area contributed by atoms with E-state index in [1.54, 1.807) is 18.3 Å². The number of hydrogen-bond acceptors (Lipinski definition) is 3. The Kier molecular flexibility index (Phi) is 6.41. The second-order valence-corrected chi connectivity index (χ2v) is 5.89. The van der Waals surface area contributed by atoms with E-state index < -0.39 is 0 Å². The molecule has 1 aromatic carbocycles. The second kappa shape index (κ2) is 8.53. The van der Waals surface area contributed by atoms with E-state index in [1.807, 2.05) is 25.1 Å². The molecule has 0 fully saturated rings. The van der Waals surface area contributed by atoms with E-state index in [0.717, 1.165) is 24.2 Å². The van der Waals surface area contributed by atoms with Crippen LogP contribution in [0.25, 0.3) is 0 Å². The molecular weight excluding hydrogens is 310 g/mol. The van der Waals surface area contributed by atoms with Gasteiger partial charge in [-0.15, -0.1) is 0 Å². The van der Waals surface area contributed by atoms with E-state index in [2.05, 4.69) is 22.5 Å². The molecule has 23 heavy (non-hydrogen) atoms. The van der Waals surface area contributed by atoms with E-state index in [0.29, 0.717) is 16.4 Å². The first kappa shape index (κ1) is 17.3. The molecule has 0 aliphatic rings. The Balaban J connectivity index is 1.93. The van der Waals surface area contributed by atoms with Gasteiger partial charge in [0.25, 0.3) is 5.91 Å². The lowest BCUT2D eigenvalue weighted by Gasteiger charge is -2.08. The lowest BCUT2D eigenvalue weighted by molar-refractivity contribution is 0.102. The molecule has 2 N–H and O–H groups in total. The molecule has 0 spiro atoms. The fourth-order valence-corrected chi connectivity index (χ4v) is 2.29. The van der Waals surface area contributed by atoms with Gasteiger partial charge in [-0.2, -0.15) is 0 Å². The molecule has 0 saturated carbocycles. The van der Waals surface area contributed by atoms with Gasteiger partial charge in [0, 0.05) is 17.3 Å². The number of rotatable bonds is 7. The molecule has 2 rings (SSSR count). The van der Waals surface area contributed by atoms with Crippen LogP contribution in [0.3, 0.4) is 0 Å². The monoisotopic (exact) mass is 331 g/mol. The van der Waals surface area contributed by atoms with Crippen LogP contribution in [-0.4, -0.2) is 17.4 Å². The third-order valence-corrected chi connectivity index (χ3v) is 3.94. The molecule has 0 bridgehead atoms. The molecule has 0 radical (unpaired) electrons. The van der Waals surface area contributed by atoms with Gasteiger partial charge in [0.1, 0.15) is 5.69 Å². The fraction of sp³-hybridized carbons (Fsp3) is 0.333. The van der Waals surface area contributed by atoms with Gasteiger partial charge in [0.2, 0.25) is 0 Å². The predicted octanol–water partition coefficient (Wildman–Crippen LogP) is 4.90. The Morgan fingerprint density at radius 1 is 1.17 bits per heavy atom. The van der Waals surface area contributed by atoms with Crippen LogP contribution in [0, 0.1) is 6.92 Å². The molecule has 1 amide bonds. The standard InChI is InChI=1S/C18H22ClN3O/c1-3-4-5-10-20-15-8-9-17(21-12-15)18(23)22-14-7-6-13(2)16(19)11-14/h6-9,11-12,20H,3-5,10H2,1-2H3,(H,22,23). The van der Waals surface area contributed by atoms with Gasteiger partial charge in [-0.05, 0) is 43.2 Å². The number of hydrogen-bond donors (Lipinski definition) is 2. The third-order valence-electron chi connectivity index (χ3n) is 3.54. The minimum atomic E-state index is -0.248. The Morgan fingerprint density at radius 2 is 1.96 bits per heavy atom. The van der Waals surface area contributed by atoms with Crippen LogP contribution in [0.5, 0.6) is 0 Å². The smallest absolute Gasteiger partial charge is 0.274 e. The van der Waals surface area contributed by atoms with Gasteiger partial charge < -0.3 is 10.6 Å². The normalized spacial score (nSPS) is 10.4. The molecule has 0 aliphatic carbocycles. The predicted molar refractivity (Wildman–Crippen MR) is 96.4 cm³/mol. The van der Waals surface area contributed by atoms with Crippen LogP contribution in [0.2, 0.25) is 5.02 Å². The summed E-state index contributed by atoms with van der Waals surface area (Å²) in [5.41, 5.74) is 2.94. The van der Waals surface area contributed by atoms with Gasteiger partial charge >= 0.3 is 0 Å². The van der Waals surface area contributed by atoms with Crippen molar-refractivity contribution in [2.45, 2.75) is 33.1 Å². The fourth-order valence-electron chi connectivity index (χ4n) is 2.11. The van der Waals surface area contributed by atoms with Crippen molar-refractivity contribution in [2.24, 2.45) is 0 Å². The highest BCUT2D eigenvalue weighted by atomic mass is 35.5. The lowest BCUT2D eigenvalue weighted by atomic mass is 10.2. The highest BCUT2D eigenvalue weighted by Gasteiger charge is 2.08. The van der Waals surface area contributed by atoms with Gasteiger partial charge in [-0.1, -0.05) is 37.4 Å². The number of amides is 1. The summed E-state index contributed by atoms with van der Waals surface area (Å²) in [5, 5.41) is 6.72.